The first-order valence-corrected chi connectivity index (χ1v) is 17.2. The zero-order valence-corrected chi connectivity index (χ0v) is 28.3. The van der Waals surface area contributed by atoms with Gasteiger partial charge in [0.05, 0.1) is 21.2 Å². The highest BCUT2D eigenvalue weighted by Crippen LogP contribution is 2.37. The molecule has 48 heavy (non-hydrogen) atoms. The van der Waals surface area contributed by atoms with Crippen LogP contribution in [0.1, 0.15) is 42.5 Å². The Bertz CT molecular complexity index is 1820. The maximum absolute atomic E-state index is 14.6. The number of nitrogens with one attached hydrogen (secondary N) is 1. The van der Waals surface area contributed by atoms with Gasteiger partial charge >= 0.3 is 6.18 Å². The van der Waals surface area contributed by atoms with Crippen LogP contribution in [0, 0.1) is 6.92 Å². The Balaban J connectivity index is 1.88. The molecule has 4 rings (SSSR count). The maximum atomic E-state index is 14.6. The van der Waals surface area contributed by atoms with Gasteiger partial charge in [0.1, 0.15) is 12.6 Å². The second-order valence-corrected chi connectivity index (χ2v) is 13.7. The molecule has 0 aliphatic rings. The normalized spacial score (nSPS) is 13.0. The Morgan fingerprint density at radius 1 is 0.896 bits per heavy atom. The average Bonchev–Trinajstić information content (AvgIpc) is 3.06. The molecule has 0 fully saturated rings. The molecule has 0 aromatic heterocycles. The molecule has 0 saturated heterocycles. The Hall–Kier alpha value is -4.35. The summed E-state index contributed by atoms with van der Waals surface area (Å²) in [6.07, 6.45) is -4.11. The van der Waals surface area contributed by atoms with Gasteiger partial charge in [-0.2, -0.15) is 13.2 Å². The van der Waals surface area contributed by atoms with Crippen LogP contribution in [0.25, 0.3) is 0 Å². The lowest BCUT2D eigenvalue weighted by molar-refractivity contribution is -0.140. The zero-order valence-electron chi connectivity index (χ0n) is 26.7. The summed E-state index contributed by atoms with van der Waals surface area (Å²) >= 11 is 6.38. The summed E-state index contributed by atoms with van der Waals surface area (Å²) in [6.45, 7) is 4.56. The van der Waals surface area contributed by atoms with Gasteiger partial charge in [-0.25, -0.2) is 8.42 Å². The number of amides is 2. The first kappa shape index (κ1) is 36.5. The van der Waals surface area contributed by atoms with Gasteiger partial charge < -0.3 is 10.2 Å². The second kappa shape index (κ2) is 15.7. The van der Waals surface area contributed by atoms with E-state index in [1.54, 1.807) is 30.3 Å². The molecular formula is C36H37ClF3N3O4S. The molecule has 4 aromatic rings. The largest absolute Gasteiger partial charge is 0.416 e. The van der Waals surface area contributed by atoms with E-state index in [1.165, 1.54) is 29.2 Å². The fourth-order valence-electron chi connectivity index (χ4n) is 5.08. The number of benzene rings is 4. The van der Waals surface area contributed by atoms with Crippen LogP contribution in [-0.2, 0) is 38.8 Å². The molecule has 4 aromatic carbocycles. The molecule has 2 atom stereocenters. The van der Waals surface area contributed by atoms with Crippen molar-refractivity contribution < 1.29 is 31.2 Å². The number of hydrogen-bond donors (Lipinski definition) is 1. The number of nitrogens with zero attached hydrogens (tertiary/aromatic N) is 2. The molecule has 12 heteroatoms. The van der Waals surface area contributed by atoms with Crippen LogP contribution in [-0.4, -0.2) is 43.8 Å². The quantitative estimate of drug-likeness (QED) is 0.157. The molecule has 0 spiro atoms. The number of alkyl halides is 3. The van der Waals surface area contributed by atoms with Crippen molar-refractivity contribution in [1.82, 2.24) is 10.2 Å². The molecule has 0 aliphatic heterocycles. The van der Waals surface area contributed by atoms with Crippen molar-refractivity contribution in [3.8, 4) is 0 Å². The van der Waals surface area contributed by atoms with Crippen LogP contribution in [0.3, 0.4) is 0 Å². The van der Waals surface area contributed by atoms with E-state index >= 15 is 0 Å². The number of anilines is 1. The van der Waals surface area contributed by atoms with Crippen LogP contribution in [0.4, 0.5) is 18.9 Å². The van der Waals surface area contributed by atoms with Crippen LogP contribution in [0.2, 0.25) is 5.02 Å². The minimum Gasteiger partial charge on any atom is -0.352 e. The number of hydrogen-bond acceptors (Lipinski definition) is 4. The molecule has 254 valence electrons. The van der Waals surface area contributed by atoms with E-state index < -0.39 is 51.9 Å². The Morgan fingerprint density at radius 3 is 2.10 bits per heavy atom. The van der Waals surface area contributed by atoms with Gasteiger partial charge in [0, 0.05) is 19.0 Å². The van der Waals surface area contributed by atoms with E-state index in [4.69, 9.17) is 11.6 Å². The van der Waals surface area contributed by atoms with E-state index in [0.29, 0.717) is 22.4 Å². The molecule has 0 aliphatic carbocycles. The van der Waals surface area contributed by atoms with Crippen molar-refractivity contribution in [2.24, 2.45) is 0 Å². The van der Waals surface area contributed by atoms with Crippen molar-refractivity contribution in [3.63, 3.8) is 0 Å². The topological polar surface area (TPSA) is 86.8 Å². The molecule has 0 saturated carbocycles. The lowest BCUT2D eigenvalue weighted by Crippen LogP contribution is -2.54. The summed E-state index contributed by atoms with van der Waals surface area (Å²) in [4.78, 5) is 29.6. The van der Waals surface area contributed by atoms with Crippen LogP contribution < -0.4 is 9.62 Å². The predicted molar refractivity (Wildman–Crippen MR) is 181 cm³/mol. The number of halogens is 4. The molecule has 0 heterocycles. The van der Waals surface area contributed by atoms with Gasteiger partial charge in [-0.3, -0.25) is 13.9 Å². The third-order valence-electron chi connectivity index (χ3n) is 8.03. The third-order valence-corrected chi connectivity index (χ3v) is 10.1. The fourth-order valence-corrected chi connectivity index (χ4v) is 6.79. The van der Waals surface area contributed by atoms with Crippen LogP contribution in [0.15, 0.2) is 108 Å². The summed E-state index contributed by atoms with van der Waals surface area (Å²) < 4.78 is 70.4. The van der Waals surface area contributed by atoms with E-state index in [9.17, 15) is 31.2 Å². The number of carbonyl (C=O) groups excluding carboxylic acids is 2. The molecule has 2 amide bonds. The van der Waals surface area contributed by atoms with Gasteiger partial charge in [0.25, 0.3) is 10.0 Å². The minimum absolute atomic E-state index is 0.0769. The van der Waals surface area contributed by atoms with E-state index in [-0.39, 0.29) is 28.9 Å². The molecular weight excluding hydrogens is 663 g/mol. The second-order valence-electron chi connectivity index (χ2n) is 11.5. The third kappa shape index (κ3) is 8.96. The van der Waals surface area contributed by atoms with Crippen molar-refractivity contribution in [1.29, 1.82) is 0 Å². The van der Waals surface area contributed by atoms with Gasteiger partial charge in [-0.1, -0.05) is 91.3 Å². The zero-order chi connectivity index (χ0) is 35.1. The molecule has 7 nitrogen and oxygen atoms in total. The summed E-state index contributed by atoms with van der Waals surface area (Å²) in [6, 6.07) is 24.3. The first-order valence-electron chi connectivity index (χ1n) is 15.3. The van der Waals surface area contributed by atoms with Gasteiger partial charge in [-0.05, 0) is 67.3 Å². The number of rotatable bonds is 13. The SMILES string of the molecule is CC[C@H](C)NC(=O)[C@H](Cc1ccccc1)N(Cc1ccccc1C)C(=O)CN(c1cc(C(F)(F)F)ccc1Cl)S(=O)(=O)c1ccccc1. The van der Waals surface area contributed by atoms with E-state index in [2.05, 4.69) is 5.32 Å². The number of sulfonamides is 1. The Labute approximate surface area is 284 Å². The lowest BCUT2D eigenvalue weighted by Gasteiger charge is -2.35. The van der Waals surface area contributed by atoms with Gasteiger partial charge in [-0.15, -0.1) is 0 Å². The van der Waals surface area contributed by atoms with Gasteiger partial charge in [0.15, 0.2) is 0 Å². The highest BCUT2D eigenvalue weighted by Gasteiger charge is 2.37. The van der Waals surface area contributed by atoms with Crippen molar-refractivity contribution >= 4 is 39.1 Å². The van der Waals surface area contributed by atoms with Crippen molar-refractivity contribution in [3.05, 3.63) is 130 Å². The summed E-state index contributed by atoms with van der Waals surface area (Å²) in [5.41, 5.74) is 0.608. The van der Waals surface area contributed by atoms with Crippen molar-refractivity contribution in [2.45, 2.75) is 63.3 Å². The number of carbonyl (C=O) groups is 2. The minimum atomic E-state index is -4.82. The maximum Gasteiger partial charge on any atom is 0.416 e. The monoisotopic (exact) mass is 699 g/mol. The first-order chi connectivity index (χ1) is 22.7. The summed E-state index contributed by atoms with van der Waals surface area (Å²) in [5, 5.41) is 2.64. The predicted octanol–water partition coefficient (Wildman–Crippen LogP) is 7.42. The van der Waals surface area contributed by atoms with Crippen LogP contribution in [0.5, 0.6) is 0 Å². The summed E-state index contributed by atoms with van der Waals surface area (Å²) in [7, 11) is -4.64. The summed E-state index contributed by atoms with van der Waals surface area (Å²) in [5.74, 6) is -1.27. The fraction of sp³-hybridized carbons (Fsp3) is 0.278. The average molecular weight is 700 g/mol. The molecule has 0 bridgehead atoms. The molecule has 1 N–H and O–H groups in total. The van der Waals surface area contributed by atoms with Gasteiger partial charge in [0.2, 0.25) is 11.8 Å². The smallest absolute Gasteiger partial charge is 0.352 e. The van der Waals surface area contributed by atoms with Crippen LogP contribution >= 0.6 is 11.6 Å². The van der Waals surface area contributed by atoms with Crippen molar-refractivity contribution in [2.75, 3.05) is 10.8 Å². The Morgan fingerprint density at radius 2 is 1.50 bits per heavy atom. The molecule has 0 radical (unpaired) electrons. The highest BCUT2D eigenvalue weighted by molar-refractivity contribution is 7.92. The Kier molecular flexibility index (Phi) is 11.9. The molecule has 0 unspecified atom stereocenters. The van der Waals surface area contributed by atoms with E-state index in [1.807, 2.05) is 51.1 Å². The van der Waals surface area contributed by atoms with E-state index in [0.717, 1.165) is 23.3 Å². The standard InChI is InChI=1S/C36H37ClF3N3O4S/c1-4-26(3)41-35(45)33(21-27-14-7-5-8-15-27)42(23-28-16-12-11-13-25(28)2)34(44)24-43(48(46,47)30-17-9-6-10-18-30)32-22-29(36(38,39)40)19-20-31(32)37/h5-20,22,26,33H,4,21,23-24H2,1-3H3,(H,41,45)/t26-,33-/m0/s1. The highest BCUT2D eigenvalue weighted by atomic mass is 35.5. The lowest BCUT2D eigenvalue weighted by atomic mass is 10.0. The number of aryl methyl sites for hydroxylation is 1.